The Balaban J connectivity index is 1.44. The Bertz CT molecular complexity index is 1480. The lowest BCUT2D eigenvalue weighted by Gasteiger charge is -2.22. The minimum Gasteiger partial charge on any atom is -0.480 e. The van der Waals surface area contributed by atoms with Gasteiger partial charge in [-0.05, 0) is 68.9 Å². The number of ether oxygens (including phenoxy) is 2. The maximum Gasteiger partial charge on any atom is 0.408 e. The van der Waals surface area contributed by atoms with Crippen LogP contribution < -0.4 is 21.5 Å². The van der Waals surface area contributed by atoms with Crippen LogP contribution in [0.4, 0.5) is 10.6 Å². The molecular formula is C30H42N6O7S. The molecule has 44 heavy (non-hydrogen) atoms. The van der Waals surface area contributed by atoms with Gasteiger partial charge in [0.05, 0.1) is 13.2 Å². The molecule has 14 heteroatoms. The van der Waals surface area contributed by atoms with Crippen LogP contribution in [0.25, 0.3) is 11.2 Å². The molecule has 0 fully saturated rings. The average molecular weight is 631 g/mol. The Morgan fingerprint density at radius 1 is 1.09 bits per heavy atom. The number of hydrogen-bond donors (Lipinski definition) is 5. The highest BCUT2D eigenvalue weighted by atomic mass is 32.1. The standard InChI is InChI=1S/C30H42N6O7S/c1-30(2,3)43-29(41)32-22(26(38)39)9-6-4-5-8-21(44)15-14-19-10-12-20(13-11-19)18-36-25-23(33-28(36)40)24(31)34-27(35-25)42-17-7-16-37/h10-13,22,37H,4-9,14-18H2,1-3H3,(H,32,41)(H,33,40)(H,38,39)(H2,31,34,35). The third kappa shape index (κ3) is 10.9. The number of carbonyl (C=O) groups excluding carboxylic acids is 1. The SMILES string of the molecule is CC(C)(C)OC(=O)NC(CCCCCC(=S)CCc1ccc(Cn2c(=O)[nH]c3c(N)nc(OCCCO)nc32)cc1)C(=O)O. The summed E-state index contributed by atoms with van der Waals surface area (Å²) < 4.78 is 12.1. The fourth-order valence-electron chi connectivity index (χ4n) is 4.43. The highest BCUT2D eigenvalue weighted by Crippen LogP contribution is 2.19. The molecule has 0 bridgehead atoms. The van der Waals surface area contributed by atoms with Crippen LogP contribution in [0, 0.1) is 0 Å². The number of unbranched alkanes of at least 4 members (excludes halogenated alkanes) is 2. The number of fused-ring (bicyclic) bond motifs is 1. The first kappa shape index (κ1) is 34.5. The summed E-state index contributed by atoms with van der Waals surface area (Å²) in [6.07, 6.45) is 4.60. The van der Waals surface area contributed by atoms with E-state index in [1.807, 2.05) is 24.3 Å². The zero-order chi connectivity index (χ0) is 32.3. The molecule has 2 heterocycles. The smallest absolute Gasteiger partial charge is 0.408 e. The van der Waals surface area contributed by atoms with Crippen LogP contribution >= 0.6 is 12.2 Å². The number of nitrogens with two attached hydrogens (primary N) is 1. The monoisotopic (exact) mass is 630 g/mol. The number of anilines is 1. The van der Waals surface area contributed by atoms with Gasteiger partial charge in [-0.15, -0.1) is 0 Å². The number of carboxylic acid groups (broad SMARTS) is 1. The lowest BCUT2D eigenvalue weighted by Crippen LogP contribution is -2.43. The molecule has 1 aromatic carbocycles. The molecule has 240 valence electrons. The number of nitrogen functional groups attached to an aromatic ring is 1. The van der Waals surface area contributed by atoms with Gasteiger partial charge in [0, 0.05) is 13.0 Å². The van der Waals surface area contributed by atoms with Crippen molar-refractivity contribution < 1.29 is 29.3 Å². The number of aliphatic hydroxyl groups is 1. The van der Waals surface area contributed by atoms with Crippen molar-refractivity contribution in [3.8, 4) is 6.01 Å². The Morgan fingerprint density at radius 3 is 2.45 bits per heavy atom. The van der Waals surface area contributed by atoms with Crippen molar-refractivity contribution >= 4 is 46.1 Å². The van der Waals surface area contributed by atoms with Crippen molar-refractivity contribution in [2.75, 3.05) is 18.9 Å². The number of carboxylic acids is 1. The van der Waals surface area contributed by atoms with Crippen LogP contribution in [-0.2, 0) is 22.5 Å². The summed E-state index contributed by atoms with van der Waals surface area (Å²) in [6.45, 7) is 5.64. The van der Waals surface area contributed by atoms with Gasteiger partial charge >= 0.3 is 23.8 Å². The number of aromatic amines is 1. The van der Waals surface area contributed by atoms with Crippen molar-refractivity contribution in [2.45, 2.75) is 90.3 Å². The van der Waals surface area contributed by atoms with Crippen LogP contribution in [0.1, 0.15) is 76.8 Å². The van der Waals surface area contributed by atoms with E-state index in [0.717, 1.165) is 48.1 Å². The molecule has 1 amide bonds. The molecule has 0 aliphatic rings. The Kier molecular flexibility index (Phi) is 12.6. The largest absolute Gasteiger partial charge is 0.480 e. The van der Waals surface area contributed by atoms with E-state index in [1.165, 1.54) is 4.57 Å². The third-order valence-electron chi connectivity index (χ3n) is 6.66. The molecule has 13 nitrogen and oxygen atoms in total. The van der Waals surface area contributed by atoms with Gasteiger partial charge in [0.25, 0.3) is 0 Å². The van der Waals surface area contributed by atoms with E-state index in [4.69, 9.17) is 32.5 Å². The second kappa shape index (κ2) is 16.1. The summed E-state index contributed by atoms with van der Waals surface area (Å²) in [7, 11) is 0. The summed E-state index contributed by atoms with van der Waals surface area (Å²) in [6, 6.07) is 6.98. The molecule has 6 N–H and O–H groups in total. The maximum absolute atomic E-state index is 12.6. The lowest BCUT2D eigenvalue weighted by molar-refractivity contribution is -0.139. The zero-order valence-electron chi connectivity index (χ0n) is 25.4. The number of benzene rings is 1. The van der Waals surface area contributed by atoms with E-state index in [1.54, 1.807) is 20.8 Å². The van der Waals surface area contributed by atoms with Crippen molar-refractivity contribution in [2.24, 2.45) is 0 Å². The van der Waals surface area contributed by atoms with E-state index < -0.39 is 23.7 Å². The van der Waals surface area contributed by atoms with Crippen LogP contribution in [0.5, 0.6) is 6.01 Å². The fourth-order valence-corrected chi connectivity index (χ4v) is 4.67. The molecule has 0 saturated heterocycles. The van der Waals surface area contributed by atoms with Crippen LogP contribution in [-0.4, -0.2) is 71.5 Å². The van der Waals surface area contributed by atoms with Crippen LogP contribution in [0.2, 0.25) is 0 Å². The summed E-state index contributed by atoms with van der Waals surface area (Å²) in [5, 5.41) is 20.8. The Labute approximate surface area is 261 Å². The highest BCUT2D eigenvalue weighted by molar-refractivity contribution is 7.80. The fraction of sp³-hybridized carbons (Fsp3) is 0.533. The first-order valence-electron chi connectivity index (χ1n) is 14.7. The number of thiocarbonyl (C=S) groups is 1. The predicted molar refractivity (Wildman–Crippen MR) is 170 cm³/mol. The highest BCUT2D eigenvalue weighted by Gasteiger charge is 2.23. The molecule has 1 atom stereocenters. The van der Waals surface area contributed by atoms with Gasteiger partial charge < -0.3 is 35.7 Å². The van der Waals surface area contributed by atoms with Crippen LogP contribution in [0.3, 0.4) is 0 Å². The lowest BCUT2D eigenvalue weighted by atomic mass is 10.0. The van der Waals surface area contributed by atoms with Crippen LogP contribution in [0.15, 0.2) is 29.1 Å². The number of aliphatic carboxylic acids is 1. The van der Waals surface area contributed by atoms with E-state index in [9.17, 15) is 19.5 Å². The van der Waals surface area contributed by atoms with Crippen molar-refractivity contribution in [1.29, 1.82) is 0 Å². The third-order valence-corrected chi connectivity index (χ3v) is 7.07. The number of aromatic nitrogens is 4. The Hall–Kier alpha value is -4.04. The summed E-state index contributed by atoms with van der Waals surface area (Å²) in [5.74, 6) is -0.977. The van der Waals surface area contributed by atoms with Gasteiger partial charge in [0.15, 0.2) is 11.5 Å². The van der Waals surface area contributed by atoms with E-state index in [0.29, 0.717) is 30.4 Å². The van der Waals surface area contributed by atoms with Gasteiger partial charge in [-0.2, -0.15) is 9.97 Å². The molecule has 0 aliphatic carbocycles. The van der Waals surface area contributed by atoms with Crippen molar-refractivity contribution in [1.82, 2.24) is 24.8 Å². The molecule has 2 aromatic heterocycles. The van der Waals surface area contributed by atoms with E-state index in [2.05, 4.69) is 20.3 Å². The quantitative estimate of drug-likeness (QED) is 0.108. The number of nitrogens with one attached hydrogen (secondary N) is 2. The number of rotatable bonds is 17. The van der Waals surface area contributed by atoms with Crippen molar-refractivity contribution in [3.05, 3.63) is 45.9 Å². The molecule has 0 radical (unpaired) electrons. The van der Waals surface area contributed by atoms with Gasteiger partial charge in [-0.3, -0.25) is 4.57 Å². The molecule has 1 unspecified atom stereocenters. The number of hydrogen-bond acceptors (Lipinski definition) is 10. The predicted octanol–water partition coefficient (Wildman–Crippen LogP) is 3.74. The van der Waals surface area contributed by atoms with E-state index >= 15 is 0 Å². The molecule has 3 aromatic rings. The van der Waals surface area contributed by atoms with E-state index in [-0.39, 0.29) is 37.3 Å². The number of H-pyrrole nitrogens is 1. The topological polar surface area (TPSA) is 195 Å². The maximum atomic E-state index is 12.6. The van der Waals surface area contributed by atoms with Gasteiger partial charge in [0.1, 0.15) is 17.2 Å². The average Bonchev–Trinajstić information content (AvgIpc) is 3.26. The summed E-state index contributed by atoms with van der Waals surface area (Å²) >= 11 is 5.57. The number of carbonyl (C=O) groups is 2. The zero-order valence-corrected chi connectivity index (χ0v) is 26.2. The molecule has 0 aliphatic heterocycles. The summed E-state index contributed by atoms with van der Waals surface area (Å²) in [5.41, 5.74) is 7.65. The second-order valence-corrected chi connectivity index (χ2v) is 12.1. The molecule has 0 saturated carbocycles. The molecule has 0 spiro atoms. The minimum absolute atomic E-state index is 0.0249. The minimum atomic E-state index is -1.08. The van der Waals surface area contributed by atoms with Gasteiger partial charge in [-0.25, -0.2) is 14.4 Å². The van der Waals surface area contributed by atoms with Gasteiger partial charge in [0.2, 0.25) is 0 Å². The number of imidazole rings is 1. The molecular weight excluding hydrogens is 588 g/mol. The molecule has 3 rings (SSSR count). The number of amides is 1. The number of nitrogens with zero attached hydrogens (tertiary/aromatic N) is 3. The second-order valence-electron chi connectivity index (χ2n) is 11.5. The number of aryl methyl sites for hydroxylation is 1. The number of alkyl carbamates (subject to hydrolysis) is 1. The van der Waals surface area contributed by atoms with Gasteiger partial charge in [-0.1, -0.05) is 49.3 Å². The number of aliphatic hydroxyl groups excluding tert-OH is 1. The summed E-state index contributed by atoms with van der Waals surface area (Å²) in [4.78, 5) is 48.1. The first-order chi connectivity index (χ1) is 20.9. The first-order valence-corrected chi connectivity index (χ1v) is 15.1. The Morgan fingerprint density at radius 2 is 1.80 bits per heavy atom. The van der Waals surface area contributed by atoms with Crippen molar-refractivity contribution in [3.63, 3.8) is 0 Å². The normalized spacial score (nSPS) is 12.2.